The molecule has 1 saturated heterocycles. The molecule has 0 amide bonds. The van der Waals surface area contributed by atoms with E-state index in [1.807, 2.05) is 6.92 Å². The van der Waals surface area contributed by atoms with Gasteiger partial charge in [0.2, 0.25) is 0 Å². The van der Waals surface area contributed by atoms with Crippen molar-refractivity contribution >= 4 is 27.4 Å². The first-order valence-corrected chi connectivity index (χ1v) is 7.18. The maximum atomic E-state index is 4.69. The number of hydrogen-bond donors (Lipinski definition) is 1. The van der Waals surface area contributed by atoms with Crippen LogP contribution in [0.4, 0.5) is 5.82 Å². The largest absolute Gasteiger partial charge is 0.353 e. The number of piperazine rings is 1. The van der Waals surface area contributed by atoms with E-state index in [0.717, 1.165) is 42.7 Å². The number of thiophene rings is 1. The average molecular weight is 262 g/mol. The second-order valence-electron chi connectivity index (χ2n) is 4.79. The van der Waals surface area contributed by atoms with Crippen molar-refractivity contribution in [2.24, 2.45) is 0 Å². The van der Waals surface area contributed by atoms with Crippen molar-refractivity contribution in [1.29, 1.82) is 0 Å². The molecule has 1 aliphatic heterocycles. The molecule has 0 spiro atoms. The van der Waals surface area contributed by atoms with Crippen LogP contribution in [-0.2, 0) is 0 Å². The Morgan fingerprint density at radius 3 is 2.56 bits per heavy atom. The molecular formula is C13H18N4S. The van der Waals surface area contributed by atoms with Gasteiger partial charge in [-0.3, -0.25) is 0 Å². The van der Waals surface area contributed by atoms with E-state index in [4.69, 9.17) is 4.98 Å². The summed E-state index contributed by atoms with van der Waals surface area (Å²) in [6.07, 6.45) is 0. The first-order chi connectivity index (χ1) is 8.66. The van der Waals surface area contributed by atoms with Gasteiger partial charge in [-0.05, 0) is 26.3 Å². The van der Waals surface area contributed by atoms with Crippen LogP contribution in [0.3, 0.4) is 0 Å². The summed E-state index contributed by atoms with van der Waals surface area (Å²) in [5, 5.41) is 4.64. The molecule has 1 aliphatic rings. The molecule has 2 aromatic heterocycles. The molecule has 0 atom stereocenters. The van der Waals surface area contributed by atoms with Crippen LogP contribution in [0.5, 0.6) is 0 Å². The Labute approximate surface area is 111 Å². The highest BCUT2D eigenvalue weighted by Crippen LogP contribution is 2.34. The average Bonchev–Trinajstić information content (AvgIpc) is 2.65. The molecule has 1 fully saturated rings. The van der Waals surface area contributed by atoms with E-state index in [0.29, 0.717) is 0 Å². The topological polar surface area (TPSA) is 41.1 Å². The van der Waals surface area contributed by atoms with Crippen molar-refractivity contribution in [3.05, 3.63) is 16.3 Å². The summed E-state index contributed by atoms with van der Waals surface area (Å²) >= 11 is 1.78. The van der Waals surface area contributed by atoms with Gasteiger partial charge in [0, 0.05) is 31.1 Å². The van der Waals surface area contributed by atoms with Gasteiger partial charge in [-0.2, -0.15) is 0 Å². The van der Waals surface area contributed by atoms with Gasteiger partial charge in [-0.25, -0.2) is 9.97 Å². The highest BCUT2D eigenvalue weighted by atomic mass is 32.1. The summed E-state index contributed by atoms with van der Waals surface area (Å²) in [4.78, 5) is 14.1. The lowest BCUT2D eigenvalue weighted by atomic mass is 10.2. The maximum Gasteiger partial charge on any atom is 0.141 e. The number of anilines is 1. The lowest BCUT2D eigenvalue weighted by Crippen LogP contribution is -2.44. The molecule has 0 aliphatic carbocycles. The predicted molar refractivity (Wildman–Crippen MR) is 76.7 cm³/mol. The van der Waals surface area contributed by atoms with Gasteiger partial charge in [0.25, 0.3) is 0 Å². The summed E-state index contributed by atoms with van der Waals surface area (Å²) in [7, 11) is 0. The van der Waals surface area contributed by atoms with Crippen molar-refractivity contribution in [2.75, 3.05) is 31.1 Å². The second-order valence-corrected chi connectivity index (χ2v) is 6.00. The third-order valence-corrected chi connectivity index (χ3v) is 4.64. The third kappa shape index (κ3) is 1.87. The fraction of sp³-hybridized carbons (Fsp3) is 0.538. The van der Waals surface area contributed by atoms with E-state index >= 15 is 0 Å². The molecule has 3 heterocycles. The van der Waals surface area contributed by atoms with E-state index in [-0.39, 0.29) is 0 Å². The minimum atomic E-state index is 0.872. The van der Waals surface area contributed by atoms with E-state index in [9.17, 15) is 0 Å². The SMILES string of the molecule is Cc1nc(N2CCNCC2)c2c(C)c(C)sc2n1. The van der Waals surface area contributed by atoms with E-state index in [2.05, 4.69) is 29.0 Å². The molecule has 0 aromatic carbocycles. The number of rotatable bonds is 1. The first kappa shape index (κ1) is 11.9. The molecule has 2 aromatic rings. The van der Waals surface area contributed by atoms with Crippen molar-refractivity contribution in [3.8, 4) is 0 Å². The van der Waals surface area contributed by atoms with Crippen LogP contribution in [0.1, 0.15) is 16.3 Å². The van der Waals surface area contributed by atoms with E-state index in [1.54, 1.807) is 11.3 Å². The minimum absolute atomic E-state index is 0.872. The molecule has 3 rings (SSSR count). The molecule has 96 valence electrons. The predicted octanol–water partition coefficient (Wildman–Crippen LogP) is 2.03. The Kier molecular flexibility index (Phi) is 2.95. The molecule has 4 nitrogen and oxygen atoms in total. The summed E-state index contributed by atoms with van der Waals surface area (Å²) in [5.74, 6) is 2.00. The molecule has 5 heteroatoms. The van der Waals surface area contributed by atoms with Crippen LogP contribution in [0, 0.1) is 20.8 Å². The summed E-state index contributed by atoms with van der Waals surface area (Å²) in [6.45, 7) is 10.5. The minimum Gasteiger partial charge on any atom is -0.353 e. The lowest BCUT2D eigenvalue weighted by molar-refractivity contribution is 0.585. The molecular weight excluding hydrogens is 244 g/mol. The number of hydrogen-bond acceptors (Lipinski definition) is 5. The van der Waals surface area contributed by atoms with Crippen molar-refractivity contribution in [2.45, 2.75) is 20.8 Å². The third-order valence-electron chi connectivity index (χ3n) is 3.54. The van der Waals surface area contributed by atoms with Crippen molar-refractivity contribution < 1.29 is 0 Å². The monoisotopic (exact) mass is 262 g/mol. The Morgan fingerprint density at radius 2 is 1.83 bits per heavy atom. The summed E-state index contributed by atoms with van der Waals surface area (Å²) in [6, 6.07) is 0. The van der Waals surface area contributed by atoms with Gasteiger partial charge in [-0.1, -0.05) is 0 Å². The zero-order valence-electron chi connectivity index (χ0n) is 11.1. The first-order valence-electron chi connectivity index (χ1n) is 6.37. The highest BCUT2D eigenvalue weighted by Gasteiger charge is 2.19. The van der Waals surface area contributed by atoms with Crippen molar-refractivity contribution in [1.82, 2.24) is 15.3 Å². The number of nitrogens with one attached hydrogen (secondary N) is 1. The fourth-order valence-corrected chi connectivity index (χ4v) is 3.51. The Bertz CT molecular complexity index is 584. The van der Waals surface area contributed by atoms with Gasteiger partial charge in [0.1, 0.15) is 16.5 Å². The molecule has 0 saturated carbocycles. The molecule has 0 radical (unpaired) electrons. The lowest BCUT2D eigenvalue weighted by Gasteiger charge is -2.29. The Hall–Kier alpha value is -1.20. The zero-order chi connectivity index (χ0) is 12.7. The van der Waals surface area contributed by atoms with E-state index < -0.39 is 0 Å². The normalized spacial score (nSPS) is 16.5. The number of fused-ring (bicyclic) bond motifs is 1. The van der Waals surface area contributed by atoms with Gasteiger partial charge in [0.15, 0.2) is 0 Å². The van der Waals surface area contributed by atoms with Gasteiger partial charge < -0.3 is 10.2 Å². The maximum absolute atomic E-state index is 4.69. The van der Waals surface area contributed by atoms with Gasteiger partial charge in [-0.15, -0.1) is 11.3 Å². The standard InChI is InChI=1S/C13H18N4S/c1-8-9(2)18-13-11(8)12(15-10(3)16-13)17-6-4-14-5-7-17/h14H,4-7H2,1-3H3. The zero-order valence-corrected chi connectivity index (χ0v) is 11.9. The van der Waals surface area contributed by atoms with Crippen molar-refractivity contribution in [3.63, 3.8) is 0 Å². The van der Waals surface area contributed by atoms with Gasteiger partial charge >= 0.3 is 0 Å². The van der Waals surface area contributed by atoms with Crippen LogP contribution < -0.4 is 10.2 Å². The second kappa shape index (κ2) is 4.48. The number of nitrogens with zero attached hydrogens (tertiary/aromatic N) is 3. The molecule has 18 heavy (non-hydrogen) atoms. The van der Waals surface area contributed by atoms with Crippen LogP contribution in [0.15, 0.2) is 0 Å². The molecule has 1 N–H and O–H groups in total. The smallest absolute Gasteiger partial charge is 0.141 e. The fourth-order valence-electron chi connectivity index (χ4n) is 2.44. The Balaban J connectivity index is 2.19. The summed E-state index contributed by atoms with van der Waals surface area (Å²) < 4.78 is 0. The van der Waals surface area contributed by atoms with Crippen LogP contribution in [0.2, 0.25) is 0 Å². The van der Waals surface area contributed by atoms with Crippen LogP contribution in [-0.4, -0.2) is 36.1 Å². The highest BCUT2D eigenvalue weighted by molar-refractivity contribution is 7.18. The van der Waals surface area contributed by atoms with Gasteiger partial charge in [0.05, 0.1) is 5.39 Å². The van der Waals surface area contributed by atoms with E-state index in [1.165, 1.54) is 15.8 Å². The number of aryl methyl sites for hydroxylation is 3. The van der Waals surface area contributed by atoms with Crippen LogP contribution in [0.25, 0.3) is 10.2 Å². The number of aromatic nitrogens is 2. The van der Waals surface area contributed by atoms with Crippen LogP contribution >= 0.6 is 11.3 Å². The molecule has 0 unspecified atom stereocenters. The quantitative estimate of drug-likeness (QED) is 0.854. The molecule has 0 bridgehead atoms. The Morgan fingerprint density at radius 1 is 1.11 bits per heavy atom. The summed E-state index contributed by atoms with van der Waals surface area (Å²) in [5.41, 5.74) is 1.34.